The number of carbonyl (C=O) groups excluding carboxylic acids is 2. The Kier molecular flexibility index (Phi) is 6.80. The van der Waals surface area contributed by atoms with E-state index in [9.17, 15) is 9.59 Å². The zero-order valence-electron chi connectivity index (χ0n) is 23.5. The Labute approximate surface area is 225 Å². The van der Waals surface area contributed by atoms with Crippen molar-refractivity contribution in [3.05, 3.63) is 35.9 Å². The molecule has 2 atom stereocenters. The molecule has 2 saturated heterocycles. The minimum Gasteiger partial charge on any atom is -0.453 e. The van der Waals surface area contributed by atoms with E-state index in [4.69, 9.17) is 19.0 Å². The molecule has 38 heavy (non-hydrogen) atoms. The van der Waals surface area contributed by atoms with Gasteiger partial charge in [-0.2, -0.15) is 0 Å². The molecular weight excluding hydrogens is 481 g/mol. The van der Waals surface area contributed by atoms with Gasteiger partial charge < -0.3 is 24.3 Å². The molecule has 0 radical (unpaired) electrons. The second-order valence-corrected chi connectivity index (χ2v) is 12.0. The van der Waals surface area contributed by atoms with Crippen LogP contribution >= 0.6 is 0 Å². The van der Waals surface area contributed by atoms with Crippen LogP contribution in [0.4, 0.5) is 10.5 Å². The van der Waals surface area contributed by atoms with Crippen molar-refractivity contribution in [2.75, 3.05) is 13.7 Å². The maximum Gasteiger partial charge on any atom is 0.494 e. The Hall–Kier alpha value is -2.91. The largest absolute Gasteiger partial charge is 0.494 e. The average molecular weight is 519 g/mol. The predicted molar refractivity (Wildman–Crippen MR) is 149 cm³/mol. The normalized spacial score (nSPS) is 22.5. The molecule has 2 aromatic rings. The van der Waals surface area contributed by atoms with Crippen LogP contribution in [0.15, 0.2) is 35.3 Å². The van der Waals surface area contributed by atoms with Gasteiger partial charge in [-0.05, 0) is 74.3 Å². The summed E-state index contributed by atoms with van der Waals surface area (Å²) in [5.74, 6) is -0.142. The number of nitrogens with one attached hydrogen (secondary N) is 1. The molecule has 202 valence electrons. The molecule has 0 unspecified atom stereocenters. The van der Waals surface area contributed by atoms with Crippen LogP contribution in [0, 0.1) is 5.92 Å². The molecule has 5 rings (SSSR count). The minimum atomic E-state index is -0.637. The third kappa shape index (κ3) is 4.60. The molecule has 0 aliphatic carbocycles. The van der Waals surface area contributed by atoms with Crippen LogP contribution in [0.3, 0.4) is 0 Å². The second-order valence-electron chi connectivity index (χ2n) is 12.0. The Morgan fingerprint density at radius 2 is 1.84 bits per heavy atom. The van der Waals surface area contributed by atoms with Gasteiger partial charge in [0.2, 0.25) is 5.91 Å². The molecule has 3 heterocycles. The first kappa shape index (κ1) is 26.7. The van der Waals surface area contributed by atoms with Crippen LogP contribution in [-0.2, 0) is 25.3 Å². The predicted octanol–water partition coefficient (Wildman–Crippen LogP) is 4.14. The lowest BCUT2D eigenvalue weighted by Gasteiger charge is -2.32. The number of alkyl carbamates (subject to hydrolysis) is 1. The van der Waals surface area contributed by atoms with E-state index in [1.165, 1.54) is 12.7 Å². The van der Waals surface area contributed by atoms with E-state index in [1.807, 2.05) is 18.7 Å². The third-order valence-electron chi connectivity index (χ3n) is 8.59. The number of aliphatic imine (C=N–C) groups is 1. The van der Waals surface area contributed by atoms with Crippen LogP contribution in [0.5, 0.6) is 0 Å². The highest BCUT2D eigenvalue weighted by Crippen LogP contribution is 2.38. The first-order valence-corrected chi connectivity index (χ1v) is 13.6. The Bertz CT molecular complexity index is 1290. The smallest absolute Gasteiger partial charge is 0.453 e. The Balaban J connectivity index is 1.36. The molecule has 3 aliphatic rings. The number of methoxy groups -OCH3 is 1. The van der Waals surface area contributed by atoms with Crippen molar-refractivity contribution in [1.29, 1.82) is 0 Å². The van der Waals surface area contributed by atoms with Crippen LogP contribution in [0.2, 0.25) is 0 Å². The van der Waals surface area contributed by atoms with Crippen LogP contribution in [-0.4, -0.2) is 66.7 Å². The zero-order valence-corrected chi connectivity index (χ0v) is 23.5. The lowest BCUT2D eigenvalue weighted by atomic mass is 9.78. The molecule has 2 amide bonds. The number of hydrogen-bond donors (Lipinski definition) is 1. The van der Waals surface area contributed by atoms with E-state index in [2.05, 4.69) is 63.3 Å². The number of amides is 2. The van der Waals surface area contributed by atoms with Crippen molar-refractivity contribution in [2.24, 2.45) is 10.9 Å². The molecule has 2 fully saturated rings. The summed E-state index contributed by atoms with van der Waals surface area (Å²) < 4.78 is 17.3. The van der Waals surface area contributed by atoms with Crippen LogP contribution in [0.25, 0.3) is 10.8 Å². The van der Waals surface area contributed by atoms with Gasteiger partial charge in [0.25, 0.3) is 0 Å². The highest BCUT2D eigenvalue weighted by Gasteiger charge is 2.51. The summed E-state index contributed by atoms with van der Waals surface area (Å²) in [4.78, 5) is 32.3. The van der Waals surface area contributed by atoms with Crippen molar-refractivity contribution in [3.8, 4) is 0 Å². The molecule has 0 aromatic heterocycles. The highest BCUT2D eigenvalue weighted by atomic mass is 16.7. The number of hydrogen-bond acceptors (Lipinski definition) is 6. The Morgan fingerprint density at radius 1 is 1.13 bits per heavy atom. The SMILES string of the molecule is COC(=O)N[C@H](C(=O)N1CCC[C@H]1C1=Nc2ccc3cc(B4OC(C)(C)C(C)(C)O4)ccc3c2C1)C(C)C. The van der Waals surface area contributed by atoms with E-state index in [0.717, 1.165) is 40.5 Å². The molecule has 9 heteroatoms. The van der Waals surface area contributed by atoms with E-state index in [1.54, 1.807) is 0 Å². The van der Waals surface area contributed by atoms with Crippen molar-refractivity contribution in [2.45, 2.75) is 84.1 Å². The highest BCUT2D eigenvalue weighted by molar-refractivity contribution is 6.62. The Morgan fingerprint density at radius 3 is 2.50 bits per heavy atom. The number of carbonyl (C=O) groups is 2. The molecule has 8 nitrogen and oxygen atoms in total. The number of benzene rings is 2. The second kappa shape index (κ2) is 9.69. The molecule has 3 aliphatic heterocycles. The van der Waals surface area contributed by atoms with Crippen molar-refractivity contribution >= 4 is 46.8 Å². The van der Waals surface area contributed by atoms with E-state index in [0.29, 0.717) is 13.0 Å². The summed E-state index contributed by atoms with van der Waals surface area (Å²) in [7, 11) is 0.901. The topological polar surface area (TPSA) is 89.5 Å². The van der Waals surface area contributed by atoms with Crippen molar-refractivity contribution < 1.29 is 23.6 Å². The maximum absolute atomic E-state index is 13.5. The van der Waals surface area contributed by atoms with Gasteiger partial charge in [0.15, 0.2) is 0 Å². The van der Waals surface area contributed by atoms with Gasteiger partial charge in [-0.3, -0.25) is 9.79 Å². The van der Waals surface area contributed by atoms with Gasteiger partial charge in [0.1, 0.15) is 6.04 Å². The third-order valence-corrected chi connectivity index (χ3v) is 8.59. The van der Waals surface area contributed by atoms with E-state index < -0.39 is 30.5 Å². The fraction of sp³-hybridized carbons (Fsp3) is 0.552. The summed E-state index contributed by atoms with van der Waals surface area (Å²) in [6.45, 7) is 12.8. The lowest BCUT2D eigenvalue weighted by molar-refractivity contribution is -0.134. The number of likely N-dealkylation sites (tertiary alicyclic amines) is 1. The first-order chi connectivity index (χ1) is 17.9. The minimum absolute atomic E-state index is 0.0623. The fourth-order valence-electron chi connectivity index (χ4n) is 5.64. The van der Waals surface area contributed by atoms with Gasteiger partial charge in [-0.1, -0.05) is 38.1 Å². The summed E-state index contributed by atoms with van der Waals surface area (Å²) in [5.41, 5.74) is 3.38. The number of nitrogens with zero attached hydrogens (tertiary/aromatic N) is 2. The van der Waals surface area contributed by atoms with Gasteiger partial charge in [-0.25, -0.2) is 4.79 Å². The average Bonchev–Trinajstić information content (AvgIpc) is 3.57. The van der Waals surface area contributed by atoms with Gasteiger partial charge >= 0.3 is 13.2 Å². The number of fused-ring (bicyclic) bond motifs is 3. The van der Waals surface area contributed by atoms with Crippen LogP contribution < -0.4 is 10.8 Å². The van der Waals surface area contributed by atoms with E-state index in [-0.39, 0.29) is 17.9 Å². The monoisotopic (exact) mass is 519 g/mol. The van der Waals surface area contributed by atoms with Crippen molar-refractivity contribution in [1.82, 2.24) is 10.2 Å². The fourth-order valence-corrected chi connectivity index (χ4v) is 5.64. The lowest BCUT2D eigenvalue weighted by Crippen LogP contribution is -2.53. The summed E-state index contributed by atoms with van der Waals surface area (Å²) in [6.07, 6.45) is 1.89. The van der Waals surface area contributed by atoms with Gasteiger partial charge in [0, 0.05) is 18.7 Å². The summed E-state index contributed by atoms with van der Waals surface area (Å²) >= 11 is 0. The molecule has 2 aromatic carbocycles. The standard InChI is InChI=1S/C29H38BN3O5/c1-17(2)25(32-27(35)36-7)26(34)33-14-8-9-24(33)23-16-21-20-12-11-19(15-18(20)10-13-22(21)31-23)30-37-28(3,4)29(5,6)38-30/h10-13,15,17,24-25H,8-9,14,16H2,1-7H3,(H,32,35)/t24-,25-/m0/s1. The molecule has 0 spiro atoms. The van der Waals surface area contributed by atoms with Crippen LogP contribution in [0.1, 0.15) is 59.9 Å². The molecule has 0 saturated carbocycles. The maximum atomic E-state index is 13.5. The van der Waals surface area contributed by atoms with E-state index >= 15 is 0 Å². The number of ether oxygens (including phenoxy) is 1. The van der Waals surface area contributed by atoms with Gasteiger partial charge in [-0.15, -0.1) is 0 Å². The van der Waals surface area contributed by atoms with Gasteiger partial charge in [0.05, 0.1) is 30.0 Å². The number of rotatable bonds is 5. The quantitative estimate of drug-likeness (QED) is 0.600. The molecule has 0 bridgehead atoms. The summed E-state index contributed by atoms with van der Waals surface area (Å²) in [6, 6.07) is 9.82. The van der Waals surface area contributed by atoms with Crippen molar-refractivity contribution in [3.63, 3.8) is 0 Å². The molecular formula is C29H38BN3O5. The summed E-state index contributed by atoms with van der Waals surface area (Å²) in [5, 5.41) is 5.00. The molecule has 1 N–H and O–H groups in total. The first-order valence-electron chi connectivity index (χ1n) is 13.6. The zero-order chi connectivity index (χ0) is 27.4.